The molecule has 2 aromatic carbocycles. The molecule has 0 heterocycles. The molecule has 2 aromatic rings. The monoisotopic (exact) mass is 446 g/mol. The van der Waals surface area contributed by atoms with Crippen molar-refractivity contribution in [1.29, 1.82) is 0 Å². The van der Waals surface area contributed by atoms with Crippen LogP contribution in [0.25, 0.3) is 0 Å². The first-order valence-corrected chi connectivity index (χ1v) is 11.9. The first-order chi connectivity index (χ1) is 14.4. The SMILES string of the molecule is CCCCNC(=O)[C@@H](C)N(Cc1ccc(Cl)cc1)C(=O)CSCc1ccccc1C. The number of benzene rings is 2. The van der Waals surface area contributed by atoms with E-state index in [9.17, 15) is 9.59 Å². The van der Waals surface area contributed by atoms with Crippen molar-refractivity contribution in [2.24, 2.45) is 0 Å². The average molecular weight is 447 g/mol. The minimum Gasteiger partial charge on any atom is -0.354 e. The molecule has 2 rings (SSSR count). The molecule has 6 heteroatoms. The fourth-order valence-electron chi connectivity index (χ4n) is 3.01. The van der Waals surface area contributed by atoms with Crippen LogP contribution in [0.5, 0.6) is 0 Å². The molecule has 0 saturated heterocycles. The lowest BCUT2D eigenvalue weighted by Crippen LogP contribution is -2.48. The van der Waals surface area contributed by atoms with Crippen LogP contribution in [0.2, 0.25) is 5.02 Å². The van der Waals surface area contributed by atoms with Crippen LogP contribution >= 0.6 is 23.4 Å². The first kappa shape index (κ1) is 24.3. The molecule has 30 heavy (non-hydrogen) atoms. The van der Waals surface area contributed by atoms with Gasteiger partial charge in [0.15, 0.2) is 0 Å². The molecular weight excluding hydrogens is 416 g/mol. The van der Waals surface area contributed by atoms with Crippen LogP contribution in [0, 0.1) is 6.92 Å². The topological polar surface area (TPSA) is 49.4 Å². The summed E-state index contributed by atoms with van der Waals surface area (Å²) in [5, 5.41) is 3.59. The summed E-state index contributed by atoms with van der Waals surface area (Å²) in [5.74, 6) is 0.940. The zero-order valence-electron chi connectivity index (χ0n) is 18.0. The van der Waals surface area contributed by atoms with E-state index in [4.69, 9.17) is 11.6 Å². The number of hydrogen-bond donors (Lipinski definition) is 1. The van der Waals surface area contributed by atoms with Crippen molar-refractivity contribution < 1.29 is 9.59 Å². The van der Waals surface area contributed by atoms with Gasteiger partial charge in [0, 0.05) is 23.9 Å². The number of rotatable bonds is 11. The van der Waals surface area contributed by atoms with Gasteiger partial charge in [-0.3, -0.25) is 9.59 Å². The summed E-state index contributed by atoms with van der Waals surface area (Å²) >= 11 is 7.56. The number of nitrogens with one attached hydrogen (secondary N) is 1. The van der Waals surface area contributed by atoms with Crippen LogP contribution in [0.15, 0.2) is 48.5 Å². The number of hydrogen-bond acceptors (Lipinski definition) is 3. The summed E-state index contributed by atoms with van der Waals surface area (Å²) in [5.41, 5.74) is 3.40. The highest BCUT2D eigenvalue weighted by molar-refractivity contribution is 7.99. The molecule has 0 spiro atoms. The van der Waals surface area contributed by atoms with Crippen LogP contribution in [-0.2, 0) is 21.9 Å². The van der Waals surface area contributed by atoms with Crippen molar-refractivity contribution in [2.75, 3.05) is 12.3 Å². The Bertz CT molecular complexity index is 826. The van der Waals surface area contributed by atoms with Gasteiger partial charge in [-0.05, 0) is 49.1 Å². The van der Waals surface area contributed by atoms with Gasteiger partial charge in [-0.15, -0.1) is 11.8 Å². The second kappa shape index (κ2) is 12.7. The fourth-order valence-corrected chi connectivity index (χ4v) is 4.12. The maximum Gasteiger partial charge on any atom is 0.242 e. The highest BCUT2D eigenvalue weighted by Gasteiger charge is 2.25. The number of nitrogens with zero attached hydrogens (tertiary/aromatic N) is 1. The molecule has 0 aromatic heterocycles. The van der Waals surface area contributed by atoms with Gasteiger partial charge < -0.3 is 10.2 Å². The average Bonchev–Trinajstić information content (AvgIpc) is 2.74. The van der Waals surface area contributed by atoms with Crippen molar-refractivity contribution in [2.45, 2.75) is 52.0 Å². The molecular formula is C24H31ClN2O2S. The van der Waals surface area contributed by atoms with E-state index in [2.05, 4.69) is 31.3 Å². The van der Waals surface area contributed by atoms with E-state index in [0.717, 1.165) is 24.2 Å². The third-order valence-electron chi connectivity index (χ3n) is 5.01. The van der Waals surface area contributed by atoms with Gasteiger partial charge in [-0.2, -0.15) is 0 Å². The molecule has 0 saturated carbocycles. The Morgan fingerprint density at radius 3 is 2.50 bits per heavy atom. The molecule has 2 amide bonds. The number of aryl methyl sites for hydroxylation is 1. The largest absolute Gasteiger partial charge is 0.354 e. The van der Waals surface area contributed by atoms with E-state index in [1.807, 2.05) is 24.3 Å². The standard InChI is InChI=1S/C24H31ClN2O2S/c1-4-5-14-26-24(29)19(3)27(15-20-10-12-22(25)13-11-20)23(28)17-30-16-21-9-7-6-8-18(21)2/h6-13,19H,4-5,14-17H2,1-3H3,(H,26,29)/t19-/m1/s1. The Labute approximate surface area is 189 Å². The van der Waals surface area contributed by atoms with Gasteiger partial charge in [0.1, 0.15) is 6.04 Å². The Morgan fingerprint density at radius 2 is 1.83 bits per heavy atom. The molecule has 0 aliphatic carbocycles. The van der Waals surface area contributed by atoms with Crippen molar-refractivity contribution in [3.05, 3.63) is 70.2 Å². The van der Waals surface area contributed by atoms with Crippen LogP contribution in [0.3, 0.4) is 0 Å². The Hall–Kier alpha value is -1.98. The Balaban J connectivity index is 2.04. The van der Waals surface area contributed by atoms with Crippen molar-refractivity contribution >= 4 is 35.2 Å². The third kappa shape index (κ3) is 7.69. The quantitative estimate of drug-likeness (QED) is 0.481. The summed E-state index contributed by atoms with van der Waals surface area (Å²) in [4.78, 5) is 27.3. The number of thioether (sulfide) groups is 1. The normalized spacial score (nSPS) is 11.7. The summed E-state index contributed by atoms with van der Waals surface area (Å²) in [6.45, 7) is 6.96. The number of halogens is 1. The first-order valence-electron chi connectivity index (χ1n) is 10.4. The summed E-state index contributed by atoms with van der Waals surface area (Å²) in [7, 11) is 0. The lowest BCUT2D eigenvalue weighted by atomic mass is 10.1. The minimum atomic E-state index is -0.538. The van der Waals surface area contributed by atoms with Crippen molar-refractivity contribution in [1.82, 2.24) is 10.2 Å². The molecule has 0 aliphatic rings. The van der Waals surface area contributed by atoms with E-state index in [0.29, 0.717) is 23.9 Å². The van der Waals surface area contributed by atoms with Crippen LogP contribution < -0.4 is 5.32 Å². The van der Waals surface area contributed by atoms with E-state index in [-0.39, 0.29) is 11.8 Å². The van der Waals surface area contributed by atoms with Crippen molar-refractivity contribution in [3.8, 4) is 0 Å². The summed E-state index contributed by atoms with van der Waals surface area (Å²) in [6, 6.07) is 15.0. The van der Waals surface area contributed by atoms with Crippen LogP contribution in [-0.4, -0.2) is 35.1 Å². The van der Waals surface area contributed by atoms with E-state index in [1.165, 1.54) is 11.1 Å². The smallest absolute Gasteiger partial charge is 0.242 e. The lowest BCUT2D eigenvalue weighted by Gasteiger charge is -2.29. The van der Waals surface area contributed by atoms with Crippen LogP contribution in [0.4, 0.5) is 0 Å². The third-order valence-corrected chi connectivity index (χ3v) is 6.23. The molecule has 162 valence electrons. The lowest BCUT2D eigenvalue weighted by molar-refractivity contribution is -0.138. The molecule has 4 nitrogen and oxygen atoms in total. The molecule has 1 atom stereocenters. The molecule has 1 N–H and O–H groups in total. The Morgan fingerprint density at radius 1 is 1.13 bits per heavy atom. The van der Waals surface area contributed by atoms with Crippen LogP contribution in [0.1, 0.15) is 43.4 Å². The summed E-state index contributed by atoms with van der Waals surface area (Å²) < 4.78 is 0. The molecule has 0 unspecified atom stereocenters. The van der Waals surface area contributed by atoms with E-state index < -0.39 is 6.04 Å². The zero-order valence-corrected chi connectivity index (χ0v) is 19.6. The second-order valence-electron chi connectivity index (χ2n) is 7.39. The van der Waals surface area contributed by atoms with Gasteiger partial charge in [-0.1, -0.05) is 61.3 Å². The van der Waals surface area contributed by atoms with Gasteiger partial charge >= 0.3 is 0 Å². The molecule has 0 aliphatic heterocycles. The predicted molar refractivity (Wildman–Crippen MR) is 127 cm³/mol. The molecule has 0 fully saturated rings. The van der Waals surface area contributed by atoms with Gasteiger partial charge in [0.2, 0.25) is 11.8 Å². The maximum atomic E-state index is 13.1. The maximum absolute atomic E-state index is 13.1. The van der Waals surface area contributed by atoms with Crippen molar-refractivity contribution in [3.63, 3.8) is 0 Å². The van der Waals surface area contributed by atoms with E-state index in [1.54, 1.807) is 35.7 Å². The molecule has 0 radical (unpaired) electrons. The summed E-state index contributed by atoms with van der Waals surface area (Å²) in [6.07, 6.45) is 1.94. The minimum absolute atomic E-state index is 0.0401. The fraction of sp³-hybridized carbons (Fsp3) is 0.417. The number of amides is 2. The van der Waals surface area contributed by atoms with Gasteiger partial charge in [0.25, 0.3) is 0 Å². The second-order valence-corrected chi connectivity index (χ2v) is 8.81. The number of unbranched alkanes of at least 4 members (excludes halogenated alkanes) is 1. The van der Waals surface area contributed by atoms with E-state index >= 15 is 0 Å². The highest BCUT2D eigenvalue weighted by Crippen LogP contribution is 2.19. The molecule has 0 bridgehead atoms. The predicted octanol–water partition coefficient (Wildman–Crippen LogP) is 5.22. The number of carbonyl (C=O) groups excluding carboxylic acids is 2. The van der Waals surface area contributed by atoms with Gasteiger partial charge in [0.05, 0.1) is 5.75 Å². The zero-order chi connectivity index (χ0) is 21.9. The number of carbonyl (C=O) groups is 2. The highest BCUT2D eigenvalue weighted by atomic mass is 35.5. The Kier molecular flexibility index (Phi) is 10.2. The van der Waals surface area contributed by atoms with Gasteiger partial charge in [-0.25, -0.2) is 0 Å².